The molecule has 0 spiro atoms. The van der Waals surface area contributed by atoms with Crippen LogP contribution in [0.25, 0.3) is 37.6 Å². The Balaban J connectivity index is 1.85. The highest BCUT2D eigenvalue weighted by atomic mass is 32.1. The summed E-state index contributed by atoms with van der Waals surface area (Å²) in [5.41, 5.74) is 5.41. The van der Waals surface area contributed by atoms with E-state index in [1.165, 1.54) is 73.7 Å². The molecule has 4 aromatic rings. The maximum atomic E-state index is 4.27. The van der Waals surface area contributed by atoms with Gasteiger partial charge < -0.3 is 0 Å². The highest BCUT2D eigenvalue weighted by molar-refractivity contribution is 7.16. The maximum absolute atomic E-state index is 4.27. The lowest BCUT2D eigenvalue weighted by Gasteiger charge is -2.18. The summed E-state index contributed by atoms with van der Waals surface area (Å²) in [7, 11) is 0. The molecule has 0 bridgehead atoms. The lowest BCUT2D eigenvalue weighted by Crippen LogP contribution is -1.97. The summed E-state index contributed by atoms with van der Waals surface area (Å²) in [6.07, 6.45) is 15.4. The fraction of sp³-hybridized carbons (Fsp3) is 0.273. The van der Waals surface area contributed by atoms with E-state index in [1.807, 2.05) is 30.4 Å². The summed E-state index contributed by atoms with van der Waals surface area (Å²) in [5.74, 6) is 0. The van der Waals surface area contributed by atoms with Gasteiger partial charge in [-0.25, -0.2) is 0 Å². The van der Waals surface area contributed by atoms with Gasteiger partial charge in [-0.15, -0.1) is 11.3 Å². The van der Waals surface area contributed by atoms with Crippen LogP contribution in [0.4, 0.5) is 0 Å². The van der Waals surface area contributed by atoms with E-state index in [4.69, 9.17) is 0 Å². The van der Waals surface area contributed by atoms with Crippen molar-refractivity contribution in [2.75, 3.05) is 0 Å². The van der Waals surface area contributed by atoms with E-state index in [0.717, 1.165) is 18.4 Å². The number of aryl methyl sites for hydroxylation is 2. The Kier molecular flexibility index (Phi) is 8.19. The summed E-state index contributed by atoms with van der Waals surface area (Å²) >= 11 is 1.83. The smallest absolute Gasteiger partial charge is 0.0349 e. The number of fused-ring (bicyclic) bond motifs is 2. The zero-order chi connectivity index (χ0) is 23.9. The van der Waals surface area contributed by atoms with Gasteiger partial charge in [0.25, 0.3) is 0 Å². The van der Waals surface area contributed by atoms with Gasteiger partial charge in [0, 0.05) is 9.75 Å². The van der Waals surface area contributed by atoms with Crippen LogP contribution in [0.5, 0.6) is 0 Å². The molecule has 0 nitrogen and oxygen atoms in total. The maximum Gasteiger partial charge on any atom is 0.0349 e. The molecule has 0 N–H and O–H groups in total. The van der Waals surface area contributed by atoms with Gasteiger partial charge in [-0.1, -0.05) is 94.0 Å². The first-order valence-electron chi connectivity index (χ1n) is 12.7. The zero-order valence-electron chi connectivity index (χ0n) is 20.9. The third kappa shape index (κ3) is 5.10. The van der Waals surface area contributed by atoms with Crippen LogP contribution >= 0.6 is 11.3 Å². The molecule has 0 unspecified atom stereocenters. The topological polar surface area (TPSA) is 0 Å². The minimum atomic E-state index is 1.06. The summed E-state index contributed by atoms with van der Waals surface area (Å²) in [6, 6.07) is 20.7. The predicted molar refractivity (Wildman–Crippen MR) is 155 cm³/mol. The monoisotopic (exact) mass is 464 g/mol. The first-order valence-corrected chi connectivity index (χ1v) is 13.5. The Labute approximate surface area is 209 Å². The van der Waals surface area contributed by atoms with Gasteiger partial charge in [-0.2, -0.15) is 0 Å². The molecule has 0 aliphatic carbocycles. The Morgan fingerprint density at radius 1 is 0.794 bits per heavy atom. The van der Waals surface area contributed by atoms with E-state index in [-0.39, 0.29) is 0 Å². The first-order chi connectivity index (χ1) is 16.7. The van der Waals surface area contributed by atoms with E-state index in [2.05, 4.69) is 87.2 Å². The van der Waals surface area contributed by atoms with Crippen molar-refractivity contribution >= 4 is 38.5 Å². The normalized spacial score (nSPS) is 12.0. The highest BCUT2D eigenvalue weighted by Gasteiger charge is 2.15. The number of thiophene rings is 1. The number of allylic oxidation sites excluding steroid dienone is 5. The Bertz CT molecular complexity index is 1350. The number of hydrogen-bond donors (Lipinski definition) is 0. The fourth-order valence-corrected chi connectivity index (χ4v) is 5.74. The molecule has 0 aliphatic rings. The lowest BCUT2D eigenvalue weighted by atomic mass is 9.87. The molecule has 0 atom stereocenters. The zero-order valence-corrected chi connectivity index (χ0v) is 21.7. The molecular formula is C33H36S. The van der Waals surface area contributed by atoms with Gasteiger partial charge in [0.1, 0.15) is 0 Å². The Morgan fingerprint density at radius 2 is 1.44 bits per heavy atom. The van der Waals surface area contributed by atoms with Crippen molar-refractivity contribution in [2.45, 2.75) is 59.3 Å². The van der Waals surface area contributed by atoms with Gasteiger partial charge >= 0.3 is 0 Å². The van der Waals surface area contributed by atoms with E-state index in [0.29, 0.717) is 0 Å². The fourth-order valence-electron chi connectivity index (χ4n) is 4.79. The van der Waals surface area contributed by atoms with Crippen LogP contribution in [0.1, 0.15) is 62.5 Å². The van der Waals surface area contributed by atoms with Crippen molar-refractivity contribution < 1.29 is 0 Å². The van der Waals surface area contributed by atoms with Gasteiger partial charge in [0.2, 0.25) is 0 Å². The highest BCUT2D eigenvalue weighted by Crippen LogP contribution is 2.39. The van der Waals surface area contributed by atoms with Crippen molar-refractivity contribution in [2.24, 2.45) is 0 Å². The van der Waals surface area contributed by atoms with Crippen LogP contribution in [0, 0.1) is 0 Å². The van der Waals surface area contributed by atoms with Crippen LogP contribution in [-0.2, 0) is 12.8 Å². The van der Waals surface area contributed by atoms with E-state index in [9.17, 15) is 0 Å². The molecule has 3 aromatic carbocycles. The third-order valence-electron chi connectivity index (χ3n) is 6.62. The van der Waals surface area contributed by atoms with Crippen molar-refractivity contribution in [1.29, 1.82) is 0 Å². The average molecular weight is 465 g/mol. The molecule has 1 heterocycles. The minimum Gasteiger partial charge on any atom is -0.135 e. The van der Waals surface area contributed by atoms with Crippen LogP contribution in [-0.4, -0.2) is 0 Å². The second kappa shape index (κ2) is 11.5. The van der Waals surface area contributed by atoms with Gasteiger partial charge in [-0.05, 0) is 94.6 Å². The van der Waals surface area contributed by atoms with E-state index >= 15 is 0 Å². The van der Waals surface area contributed by atoms with E-state index in [1.54, 1.807) is 0 Å². The standard InChI is InChI=1S/C33H36S/c1-5-8-11-14-24(4)32-21-22-33(34-32)25-19-20-30-26(15-9-6-2)27-17-12-13-18-28(27)29(16-10-7-3)31(30)23-25/h5,8,11-14,17-23H,4,6-7,9-10,15-16H2,1-3H3/b8-5-,14-11-. The molecule has 0 aliphatic heterocycles. The van der Waals surface area contributed by atoms with Crippen LogP contribution in [0.15, 0.2) is 85.5 Å². The number of rotatable bonds is 10. The quantitative estimate of drug-likeness (QED) is 0.162. The molecule has 0 saturated heterocycles. The lowest BCUT2D eigenvalue weighted by molar-refractivity contribution is 0.797. The molecular weight excluding hydrogens is 428 g/mol. The van der Waals surface area contributed by atoms with Crippen LogP contribution in [0.2, 0.25) is 0 Å². The molecule has 1 aromatic heterocycles. The molecule has 34 heavy (non-hydrogen) atoms. The van der Waals surface area contributed by atoms with E-state index < -0.39 is 0 Å². The number of benzene rings is 3. The molecule has 0 radical (unpaired) electrons. The summed E-state index contributed by atoms with van der Waals surface area (Å²) in [4.78, 5) is 2.53. The van der Waals surface area contributed by atoms with Gasteiger partial charge in [-0.3, -0.25) is 0 Å². The number of unbranched alkanes of at least 4 members (excludes halogenated alkanes) is 2. The largest absolute Gasteiger partial charge is 0.135 e. The van der Waals surface area contributed by atoms with Crippen molar-refractivity contribution in [1.82, 2.24) is 0 Å². The second-order valence-electron chi connectivity index (χ2n) is 9.04. The molecule has 0 fully saturated rings. The van der Waals surface area contributed by atoms with Gasteiger partial charge in [0.15, 0.2) is 0 Å². The Morgan fingerprint density at radius 3 is 2.09 bits per heavy atom. The minimum absolute atomic E-state index is 1.06. The van der Waals surface area contributed by atoms with Crippen LogP contribution in [0.3, 0.4) is 0 Å². The third-order valence-corrected chi connectivity index (χ3v) is 7.83. The van der Waals surface area contributed by atoms with Crippen molar-refractivity contribution in [3.05, 3.63) is 101 Å². The van der Waals surface area contributed by atoms with Gasteiger partial charge in [0.05, 0.1) is 0 Å². The number of hydrogen-bond acceptors (Lipinski definition) is 1. The molecule has 1 heteroatoms. The molecule has 4 rings (SSSR count). The molecule has 174 valence electrons. The second-order valence-corrected chi connectivity index (χ2v) is 10.1. The molecule has 0 amide bonds. The summed E-state index contributed by atoms with van der Waals surface area (Å²) in [5, 5.41) is 5.78. The van der Waals surface area contributed by atoms with Crippen molar-refractivity contribution in [3.63, 3.8) is 0 Å². The predicted octanol–water partition coefficient (Wildman–Crippen LogP) is 10.6. The van der Waals surface area contributed by atoms with Crippen LogP contribution < -0.4 is 0 Å². The summed E-state index contributed by atoms with van der Waals surface area (Å²) in [6.45, 7) is 10.9. The van der Waals surface area contributed by atoms with Crippen molar-refractivity contribution in [3.8, 4) is 10.4 Å². The molecule has 0 saturated carbocycles. The Hall–Kier alpha value is -2.90. The average Bonchev–Trinajstić information content (AvgIpc) is 3.36. The SMILES string of the molecule is C=C(/C=C\C=C/C)c1ccc(-c2ccc3c(CCCC)c4ccccc4c(CCCC)c3c2)s1. The first kappa shape index (κ1) is 24.2. The summed E-state index contributed by atoms with van der Waals surface area (Å²) < 4.78 is 0.